The first kappa shape index (κ1) is 15.3. The predicted octanol–water partition coefficient (Wildman–Crippen LogP) is 3.50. The summed E-state index contributed by atoms with van der Waals surface area (Å²) in [6.45, 7) is 8.89. The molecule has 0 saturated heterocycles. The van der Waals surface area contributed by atoms with Gasteiger partial charge in [-0.1, -0.05) is 25.5 Å². The van der Waals surface area contributed by atoms with Gasteiger partial charge in [0.25, 0.3) is 0 Å². The molecular weight excluding hydrogens is 252 g/mol. The molecule has 20 heavy (non-hydrogen) atoms. The molecule has 2 aliphatic rings. The zero-order valence-electron chi connectivity index (χ0n) is 13.2. The second kappa shape index (κ2) is 5.72. The van der Waals surface area contributed by atoms with Crippen LogP contribution in [0.4, 0.5) is 0 Å². The van der Waals surface area contributed by atoms with Crippen LogP contribution in [0.5, 0.6) is 0 Å². The van der Waals surface area contributed by atoms with E-state index in [4.69, 9.17) is 9.47 Å². The normalized spacial score (nSPS) is 33.8. The largest absolute Gasteiger partial charge is 0.463 e. The Labute approximate surface area is 122 Å². The van der Waals surface area contributed by atoms with Crippen molar-refractivity contribution in [3.8, 4) is 0 Å². The Morgan fingerprint density at radius 1 is 1.50 bits per heavy atom. The zero-order valence-corrected chi connectivity index (χ0v) is 13.2. The van der Waals surface area contributed by atoms with Crippen molar-refractivity contribution in [3.63, 3.8) is 0 Å². The quantitative estimate of drug-likeness (QED) is 0.450. The van der Waals surface area contributed by atoms with Crippen molar-refractivity contribution in [2.45, 2.75) is 46.6 Å². The van der Waals surface area contributed by atoms with Crippen LogP contribution >= 0.6 is 0 Å². The van der Waals surface area contributed by atoms with E-state index in [2.05, 4.69) is 26.8 Å². The molecule has 0 aromatic carbocycles. The van der Waals surface area contributed by atoms with Crippen molar-refractivity contribution < 1.29 is 14.3 Å². The van der Waals surface area contributed by atoms with Gasteiger partial charge in [-0.2, -0.15) is 0 Å². The van der Waals surface area contributed by atoms with E-state index < -0.39 is 0 Å². The molecule has 112 valence electrons. The number of fused-ring (bicyclic) bond motifs is 1. The maximum atomic E-state index is 11.8. The summed E-state index contributed by atoms with van der Waals surface area (Å²) in [5.41, 5.74) is 2.56. The molecule has 2 rings (SSSR count). The summed E-state index contributed by atoms with van der Waals surface area (Å²) in [6.07, 6.45) is 6.19. The summed E-state index contributed by atoms with van der Waals surface area (Å²) in [6, 6.07) is 0. The minimum Gasteiger partial charge on any atom is -0.463 e. The predicted molar refractivity (Wildman–Crippen MR) is 79.3 cm³/mol. The molecule has 0 N–H and O–H groups in total. The summed E-state index contributed by atoms with van der Waals surface area (Å²) >= 11 is 0. The molecule has 0 radical (unpaired) electrons. The summed E-state index contributed by atoms with van der Waals surface area (Å²) in [5.74, 6) is 0.797. The molecule has 1 fully saturated rings. The average molecular weight is 278 g/mol. The molecule has 2 aliphatic carbocycles. The highest BCUT2D eigenvalue weighted by Gasteiger charge is 2.49. The van der Waals surface area contributed by atoms with Gasteiger partial charge in [-0.05, 0) is 49.5 Å². The van der Waals surface area contributed by atoms with E-state index in [0.29, 0.717) is 18.4 Å². The molecule has 0 aromatic rings. The molecule has 3 atom stereocenters. The minimum atomic E-state index is -0.215. The lowest BCUT2D eigenvalue weighted by atomic mass is 9.70. The molecular formula is C17H26O3. The molecule has 0 unspecified atom stereocenters. The fourth-order valence-corrected chi connectivity index (χ4v) is 3.92. The van der Waals surface area contributed by atoms with Gasteiger partial charge in [-0.15, -0.1) is 0 Å². The molecule has 0 aliphatic heterocycles. The smallest absolute Gasteiger partial charge is 0.330 e. The van der Waals surface area contributed by atoms with Crippen molar-refractivity contribution in [3.05, 3.63) is 23.3 Å². The SMILES string of the molecule is CCOC(=O)/C=C1\C[C@H]2[C@@H](CC=C(C)[C@@H]2OC)C1(C)C. The average Bonchev–Trinajstić information content (AvgIpc) is 2.61. The first-order valence-corrected chi connectivity index (χ1v) is 7.49. The third kappa shape index (κ3) is 2.56. The summed E-state index contributed by atoms with van der Waals surface area (Å²) in [4.78, 5) is 11.8. The Morgan fingerprint density at radius 2 is 2.20 bits per heavy atom. The van der Waals surface area contributed by atoms with Gasteiger partial charge in [0.1, 0.15) is 0 Å². The van der Waals surface area contributed by atoms with E-state index in [1.807, 2.05) is 6.92 Å². The van der Waals surface area contributed by atoms with Crippen molar-refractivity contribution in [1.29, 1.82) is 0 Å². The number of esters is 1. The molecule has 0 amide bonds. The number of allylic oxidation sites excluding steroid dienone is 2. The lowest BCUT2D eigenvalue weighted by molar-refractivity contribution is -0.137. The van der Waals surface area contributed by atoms with Crippen LogP contribution in [0.2, 0.25) is 0 Å². The van der Waals surface area contributed by atoms with E-state index in [1.165, 1.54) is 11.1 Å². The molecule has 0 spiro atoms. The lowest BCUT2D eigenvalue weighted by Gasteiger charge is -2.37. The molecule has 0 heterocycles. The van der Waals surface area contributed by atoms with Crippen molar-refractivity contribution in [1.82, 2.24) is 0 Å². The molecule has 0 bridgehead atoms. The Bertz CT molecular complexity index is 445. The molecule has 3 nitrogen and oxygen atoms in total. The van der Waals surface area contributed by atoms with E-state index in [-0.39, 0.29) is 17.5 Å². The van der Waals surface area contributed by atoms with Crippen LogP contribution < -0.4 is 0 Å². The Hall–Kier alpha value is -1.09. The summed E-state index contributed by atoms with van der Waals surface area (Å²) in [7, 11) is 1.78. The first-order valence-electron chi connectivity index (χ1n) is 7.49. The van der Waals surface area contributed by atoms with Gasteiger partial charge in [0.05, 0.1) is 12.7 Å². The maximum absolute atomic E-state index is 11.8. The van der Waals surface area contributed by atoms with Gasteiger partial charge in [-0.25, -0.2) is 4.79 Å². The second-order valence-electron chi connectivity index (χ2n) is 6.46. The van der Waals surface area contributed by atoms with Crippen LogP contribution in [0.1, 0.15) is 40.5 Å². The number of ether oxygens (including phenoxy) is 2. The van der Waals surface area contributed by atoms with Crippen LogP contribution in [-0.2, 0) is 14.3 Å². The van der Waals surface area contributed by atoms with Crippen LogP contribution in [0.25, 0.3) is 0 Å². The zero-order chi connectivity index (χ0) is 14.9. The Morgan fingerprint density at radius 3 is 2.80 bits per heavy atom. The van der Waals surface area contributed by atoms with Gasteiger partial charge in [0.15, 0.2) is 0 Å². The van der Waals surface area contributed by atoms with Gasteiger partial charge in [0.2, 0.25) is 0 Å². The third-order valence-corrected chi connectivity index (χ3v) is 5.09. The number of carbonyl (C=O) groups excluding carboxylic acids is 1. The van der Waals surface area contributed by atoms with E-state index in [1.54, 1.807) is 13.2 Å². The van der Waals surface area contributed by atoms with Crippen molar-refractivity contribution >= 4 is 5.97 Å². The van der Waals surface area contributed by atoms with Gasteiger partial charge in [-0.3, -0.25) is 0 Å². The summed E-state index contributed by atoms with van der Waals surface area (Å²) in [5, 5.41) is 0. The fraction of sp³-hybridized carbons (Fsp3) is 0.706. The highest BCUT2D eigenvalue weighted by atomic mass is 16.5. The number of rotatable bonds is 3. The number of hydrogen-bond donors (Lipinski definition) is 0. The lowest BCUT2D eigenvalue weighted by Crippen LogP contribution is -2.34. The van der Waals surface area contributed by atoms with Crippen LogP contribution in [-0.4, -0.2) is 25.8 Å². The van der Waals surface area contributed by atoms with E-state index in [0.717, 1.165) is 12.8 Å². The van der Waals surface area contributed by atoms with Crippen LogP contribution in [0.15, 0.2) is 23.3 Å². The van der Waals surface area contributed by atoms with E-state index >= 15 is 0 Å². The van der Waals surface area contributed by atoms with Gasteiger partial charge in [0, 0.05) is 13.2 Å². The number of methoxy groups -OCH3 is 1. The highest BCUT2D eigenvalue weighted by molar-refractivity contribution is 5.83. The second-order valence-corrected chi connectivity index (χ2v) is 6.46. The van der Waals surface area contributed by atoms with Gasteiger partial charge >= 0.3 is 5.97 Å². The Balaban J connectivity index is 2.27. The topological polar surface area (TPSA) is 35.5 Å². The van der Waals surface area contributed by atoms with Gasteiger partial charge < -0.3 is 9.47 Å². The van der Waals surface area contributed by atoms with Crippen LogP contribution in [0.3, 0.4) is 0 Å². The monoisotopic (exact) mass is 278 g/mol. The summed E-state index contributed by atoms with van der Waals surface area (Å²) < 4.78 is 10.8. The van der Waals surface area contributed by atoms with Crippen molar-refractivity contribution in [2.24, 2.45) is 17.3 Å². The van der Waals surface area contributed by atoms with Crippen LogP contribution in [0, 0.1) is 17.3 Å². The van der Waals surface area contributed by atoms with E-state index in [9.17, 15) is 4.79 Å². The first-order chi connectivity index (χ1) is 9.41. The third-order valence-electron chi connectivity index (χ3n) is 5.09. The van der Waals surface area contributed by atoms with Crippen molar-refractivity contribution in [2.75, 3.05) is 13.7 Å². The Kier molecular flexibility index (Phi) is 4.38. The number of carbonyl (C=O) groups is 1. The minimum absolute atomic E-state index is 0.0331. The molecule has 3 heteroatoms. The number of hydrogen-bond acceptors (Lipinski definition) is 3. The molecule has 1 saturated carbocycles. The highest BCUT2D eigenvalue weighted by Crippen LogP contribution is 2.56. The molecule has 0 aromatic heterocycles. The standard InChI is InChI=1S/C17H26O3/c1-6-20-15(18)10-12-9-13-14(17(12,3)4)8-7-11(2)16(13)19-5/h7,10,13-14,16H,6,8-9H2,1-5H3/b12-10+/t13-,14+,16-/m0/s1. The fourth-order valence-electron chi connectivity index (χ4n) is 3.92. The maximum Gasteiger partial charge on any atom is 0.330 e.